The van der Waals surface area contributed by atoms with Crippen LogP contribution in [0.5, 0.6) is 5.75 Å². The van der Waals surface area contributed by atoms with Gasteiger partial charge in [-0.1, -0.05) is 24.3 Å². The highest BCUT2D eigenvalue weighted by Crippen LogP contribution is 2.26. The van der Waals surface area contributed by atoms with Gasteiger partial charge in [0.15, 0.2) is 0 Å². The van der Waals surface area contributed by atoms with Crippen LogP contribution in [0.15, 0.2) is 89.1 Å². The second-order valence-electron chi connectivity index (χ2n) is 6.10. The highest BCUT2D eigenvalue weighted by molar-refractivity contribution is 7.92. The Bertz CT molecular complexity index is 1120. The summed E-state index contributed by atoms with van der Waals surface area (Å²) in [5, 5.41) is 3.88. The molecule has 30 heavy (non-hydrogen) atoms. The van der Waals surface area contributed by atoms with Gasteiger partial charge < -0.3 is 4.74 Å². The Labute approximate surface area is 174 Å². The number of carbonyl (C=O) groups is 1. The molecule has 0 fully saturated rings. The molecule has 0 saturated carbocycles. The Kier molecular flexibility index (Phi) is 6.76. The molecule has 154 valence electrons. The van der Waals surface area contributed by atoms with Crippen molar-refractivity contribution in [1.82, 2.24) is 10.4 Å². The summed E-state index contributed by atoms with van der Waals surface area (Å²) in [5.41, 5.74) is 3.40. The molecule has 1 amide bonds. The van der Waals surface area contributed by atoms with Crippen molar-refractivity contribution in [3.8, 4) is 5.75 Å². The summed E-state index contributed by atoms with van der Waals surface area (Å²) in [6.07, 6.45) is 4.64. The van der Waals surface area contributed by atoms with E-state index in [4.69, 9.17) is 4.74 Å². The number of pyridine rings is 1. The van der Waals surface area contributed by atoms with E-state index in [0.717, 1.165) is 9.87 Å². The van der Waals surface area contributed by atoms with Crippen LogP contribution in [0.25, 0.3) is 0 Å². The quantitative estimate of drug-likeness (QED) is 0.442. The number of carbonyl (C=O) groups excluding carboxylic acids is 1. The van der Waals surface area contributed by atoms with Crippen LogP contribution in [0.1, 0.15) is 5.56 Å². The van der Waals surface area contributed by atoms with E-state index in [2.05, 4.69) is 15.5 Å². The topological polar surface area (TPSA) is 101 Å². The van der Waals surface area contributed by atoms with Crippen molar-refractivity contribution in [3.63, 3.8) is 0 Å². The molecule has 9 heteroatoms. The van der Waals surface area contributed by atoms with Crippen LogP contribution in [0.4, 0.5) is 5.69 Å². The number of hydrogen-bond acceptors (Lipinski definition) is 6. The molecular formula is C21H20N4O4S. The van der Waals surface area contributed by atoms with Gasteiger partial charge in [0, 0.05) is 18.5 Å². The predicted octanol–water partition coefficient (Wildman–Crippen LogP) is 2.44. The summed E-state index contributed by atoms with van der Waals surface area (Å²) < 4.78 is 32.7. The molecule has 1 heterocycles. The number of aromatic nitrogens is 1. The fourth-order valence-electron chi connectivity index (χ4n) is 2.59. The van der Waals surface area contributed by atoms with Crippen molar-refractivity contribution < 1.29 is 17.9 Å². The monoisotopic (exact) mass is 424 g/mol. The minimum absolute atomic E-state index is 0.0703. The Morgan fingerprint density at radius 1 is 1.10 bits per heavy atom. The van der Waals surface area contributed by atoms with E-state index < -0.39 is 22.5 Å². The summed E-state index contributed by atoms with van der Waals surface area (Å²) in [4.78, 5) is 16.4. The molecule has 0 saturated heterocycles. The molecule has 2 aromatic carbocycles. The molecule has 0 atom stereocenters. The lowest BCUT2D eigenvalue weighted by Gasteiger charge is -2.24. The van der Waals surface area contributed by atoms with Crippen molar-refractivity contribution in [3.05, 3.63) is 84.7 Å². The van der Waals surface area contributed by atoms with Crippen LogP contribution in [0.2, 0.25) is 0 Å². The van der Waals surface area contributed by atoms with E-state index in [0.29, 0.717) is 11.4 Å². The molecular weight excluding hydrogens is 404 g/mol. The number of amides is 1. The first-order valence-corrected chi connectivity index (χ1v) is 10.4. The number of ether oxygens (including phenoxy) is 1. The van der Waals surface area contributed by atoms with E-state index in [-0.39, 0.29) is 4.90 Å². The van der Waals surface area contributed by atoms with Crippen LogP contribution < -0.4 is 14.5 Å². The van der Waals surface area contributed by atoms with Crippen molar-refractivity contribution in [2.75, 3.05) is 18.0 Å². The van der Waals surface area contributed by atoms with Gasteiger partial charge in [0.25, 0.3) is 15.9 Å². The third-order valence-corrected chi connectivity index (χ3v) is 5.86. The Morgan fingerprint density at radius 3 is 2.53 bits per heavy atom. The van der Waals surface area contributed by atoms with Gasteiger partial charge in [-0.3, -0.25) is 14.1 Å². The number of sulfonamides is 1. The van der Waals surface area contributed by atoms with Gasteiger partial charge in [0.1, 0.15) is 12.3 Å². The minimum atomic E-state index is -3.99. The fraction of sp³-hybridized carbons (Fsp3) is 0.0952. The standard InChI is InChI=1S/C21H20N4O4S/c1-29-19-7-5-6-18(14-19)25(30(27,28)20-8-3-2-4-9-20)16-21(26)24-23-15-17-10-12-22-13-11-17/h2-15H,16H2,1H3,(H,24,26)/b23-15+. The SMILES string of the molecule is COc1cccc(N(CC(=O)N/N=C/c2ccncc2)S(=O)(=O)c2ccccc2)c1. The molecule has 1 N–H and O–H groups in total. The number of hydrogen-bond donors (Lipinski definition) is 1. The van der Waals surface area contributed by atoms with Gasteiger partial charge in [-0.15, -0.1) is 0 Å². The maximum atomic E-state index is 13.2. The number of benzene rings is 2. The van der Waals surface area contributed by atoms with Gasteiger partial charge in [-0.05, 0) is 42.0 Å². The van der Waals surface area contributed by atoms with Crippen LogP contribution in [0.3, 0.4) is 0 Å². The van der Waals surface area contributed by atoms with Gasteiger partial charge in [-0.2, -0.15) is 5.10 Å². The smallest absolute Gasteiger partial charge is 0.264 e. The first kappa shape index (κ1) is 21.0. The second-order valence-corrected chi connectivity index (χ2v) is 7.96. The maximum absolute atomic E-state index is 13.2. The number of anilines is 1. The van der Waals surface area contributed by atoms with Crippen LogP contribution >= 0.6 is 0 Å². The van der Waals surface area contributed by atoms with E-state index in [1.165, 1.54) is 25.5 Å². The predicted molar refractivity (Wildman–Crippen MR) is 114 cm³/mol. The average molecular weight is 424 g/mol. The summed E-state index contributed by atoms with van der Waals surface area (Å²) >= 11 is 0. The molecule has 0 aliphatic carbocycles. The first-order chi connectivity index (χ1) is 14.5. The molecule has 3 aromatic rings. The summed E-state index contributed by atoms with van der Waals surface area (Å²) in [7, 11) is -2.51. The maximum Gasteiger partial charge on any atom is 0.264 e. The third-order valence-electron chi connectivity index (χ3n) is 4.07. The van der Waals surface area contributed by atoms with E-state index >= 15 is 0 Å². The highest BCUT2D eigenvalue weighted by Gasteiger charge is 2.27. The number of nitrogens with one attached hydrogen (secondary N) is 1. The molecule has 0 spiro atoms. The molecule has 0 aliphatic rings. The molecule has 1 aromatic heterocycles. The fourth-order valence-corrected chi connectivity index (χ4v) is 4.03. The van der Waals surface area contributed by atoms with Crippen LogP contribution in [-0.4, -0.2) is 39.2 Å². The van der Waals surface area contributed by atoms with Crippen molar-refractivity contribution in [1.29, 1.82) is 0 Å². The highest BCUT2D eigenvalue weighted by atomic mass is 32.2. The molecule has 8 nitrogen and oxygen atoms in total. The zero-order valence-corrected chi connectivity index (χ0v) is 17.0. The van der Waals surface area contributed by atoms with Crippen LogP contribution in [-0.2, 0) is 14.8 Å². The van der Waals surface area contributed by atoms with E-state index in [9.17, 15) is 13.2 Å². The Balaban J connectivity index is 1.86. The van der Waals surface area contributed by atoms with Crippen molar-refractivity contribution >= 4 is 27.8 Å². The second kappa shape index (κ2) is 9.66. The Hall–Kier alpha value is -3.72. The molecule has 3 rings (SSSR count). The Morgan fingerprint density at radius 2 is 1.83 bits per heavy atom. The van der Waals surface area contributed by atoms with Gasteiger partial charge in [0.05, 0.1) is 23.9 Å². The van der Waals surface area contributed by atoms with E-state index in [1.54, 1.807) is 67.0 Å². The molecule has 0 bridgehead atoms. The molecule has 0 radical (unpaired) electrons. The summed E-state index contributed by atoms with van der Waals surface area (Å²) in [6.45, 7) is -0.460. The first-order valence-electron chi connectivity index (χ1n) is 8.94. The largest absolute Gasteiger partial charge is 0.497 e. The number of hydrazone groups is 1. The lowest BCUT2D eigenvalue weighted by molar-refractivity contribution is -0.119. The summed E-state index contributed by atoms with van der Waals surface area (Å²) in [6, 6.07) is 17.8. The summed E-state index contributed by atoms with van der Waals surface area (Å²) in [5.74, 6) is -0.125. The van der Waals surface area contributed by atoms with Gasteiger partial charge in [-0.25, -0.2) is 13.8 Å². The zero-order chi connectivity index (χ0) is 21.4. The van der Waals surface area contributed by atoms with E-state index in [1.807, 2.05) is 0 Å². The lowest BCUT2D eigenvalue weighted by Crippen LogP contribution is -2.39. The third kappa shape index (κ3) is 5.21. The normalized spacial score (nSPS) is 11.2. The molecule has 0 unspecified atom stereocenters. The van der Waals surface area contributed by atoms with Crippen molar-refractivity contribution in [2.45, 2.75) is 4.90 Å². The molecule has 0 aliphatic heterocycles. The van der Waals surface area contributed by atoms with Crippen LogP contribution in [0, 0.1) is 0 Å². The number of rotatable bonds is 8. The average Bonchev–Trinajstić information content (AvgIpc) is 2.78. The minimum Gasteiger partial charge on any atom is -0.497 e. The number of methoxy groups -OCH3 is 1. The van der Waals surface area contributed by atoms with Gasteiger partial charge in [0.2, 0.25) is 0 Å². The van der Waals surface area contributed by atoms with Gasteiger partial charge >= 0.3 is 0 Å². The zero-order valence-electron chi connectivity index (χ0n) is 16.2. The number of nitrogens with zero attached hydrogens (tertiary/aromatic N) is 3. The lowest BCUT2D eigenvalue weighted by atomic mass is 10.3. The van der Waals surface area contributed by atoms with Crippen molar-refractivity contribution in [2.24, 2.45) is 5.10 Å².